The largest absolute Gasteiger partial charge is 0.382 e. The van der Waals surface area contributed by atoms with Crippen LogP contribution in [0.1, 0.15) is 46.0 Å². The molecule has 2 rings (SSSR count). The molecule has 3 atom stereocenters. The van der Waals surface area contributed by atoms with E-state index in [0.717, 1.165) is 11.8 Å². The van der Waals surface area contributed by atoms with Gasteiger partial charge in [-0.2, -0.15) is 0 Å². The highest BCUT2D eigenvalue weighted by Crippen LogP contribution is 2.33. The van der Waals surface area contributed by atoms with Crippen LogP contribution in [0.4, 0.5) is 5.69 Å². The second-order valence-electron chi connectivity index (χ2n) is 5.45. The van der Waals surface area contributed by atoms with Crippen LogP contribution in [-0.2, 0) is 0 Å². The molecule has 0 amide bonds. The first kappa shape index (κ1) is 12.5. The van der Waals surface area contributed by atoms with E-state index >= 15 is 0 Å². The second kappa shape index (κ2) is 6.09. The molecule has 1 aromatic rings. The molecule has 1 aromatic carbocycles. The Morgan fingerprint density at radius 1 is 1.18 bits per heavy atom. The Balaban J connectivity index is 2.01. The van der Waals surface area contributed by atoms with Gasteiger partial charge in [0.2, 0.25) is 0 Å². The maximum Gasteiger partial charge on any atom is 0.0342 e. The Morgan fingerprint density at radius 3 is 2.59 bits per heavy atom. The molecule has 0 spiro atoms. The summed E-state index contributed by atoms with van der Waals surface area (Å²) in [5, 5.41) is 3.75. The lowest BCUT2D eigenvalue weighted by atomic mass is 9.76. The summed E-state index contributed by atoms with van der Waals surface area (Å²) in [7, 11) is 0. The molecule has 0 aliphatic heterocycles. The van der Waals surface area contributed by atoms with Crippen LogP contribution in [-0.4, -0.2) is 6.04 Å². The molecule has 0 bridgehead atoms. The quantitative estimate of drug-likeness (QED) is 0.791. The first-order valence-corrected chi connectivity index (χ1v) is 7.13. The van der Waals surface area contributed by atoms with Crippen molar-refractivity contribution >= 4 is 5.69 Å². The Morgan fingerprint density at radius 2 is 1.88 bits per heavy atom. The van der Waals surface area contributed by atoms with Crippen molar-refractivity contribution in [2.75, 3.05) is 5.32 Å². The smallest absolute Gasteiger partial charge is 0.0342 e. The summed E-state index contributed by atoms with van der Waals surface area (Å²) in [5.41, 5.74) is 1.28. The van der Waals surface area contributed by atoms with Crippen LogP contribution >= 0.6 is 0 Å². The highest BCUT2D eigenvalue weighted by molar-refractivity contribution is 5.43. The molecule has 17 heavy (non-hydrogen) atoms. The molecule has 0 aromatic heterocycles. The van der Waals surface area contributed by atoms with Gasteiger partial charge in [-0.15, -0.1) is 0 Å². The van der Waals surface area contributed by atoms with E-state index in [9.17, 15) is 0 Å². The van der Waals surface area contributed by atoms with Gasteiger partial charge < -0.3 is 5.32 Å². The maximum absolute atomic E-state index is 3.75. The van der Waals surface area contributed by atoms with Crippen molar-refractivity contribution in [3.63, 3.8) is 0 Å². The van der Waals surface area contributed by atoms with Crippen molar-refractivity contribution in [2.45, 2.75) is 52.0 Å². The molecule has 1 aliphatic rings. The third-order valence-corrected chi connectivity index (χ3v) is 4.32. The lowest BCUT2D eigenvalue weighted by Gasteiger charge is -2.36. The van der Waals surface area contributed by atoms with E-state index in [0.29, 0.717) is 6.04 Å². The summed E-state index contributed by atoms with van der Waals surface area (Å²) in [6, 6.07) is 11.4. The predicted molar refractivity (Wildman–Crippen MR) is 75.3 cm³/mol. The molecule has 3 unspecified atom stereocenters. The zero-order valence-electron chi connectivity index (χ0n) is 11.2. The number of rotatable bonds is 4. The molecular formula is C16H25N. The van der Waals surface area contributed by atoms with E-state index in [-0.39, 0.29) is 0 Å². The molecule has 1 saturated carbocycles. The van der Waals surface area contributed by atoms with Crippen LogP contribution in [0.3, 0.4) is 0 Å². The van der Waals surface area contributed by atoms with Crippen LogP contribution < -0.4 is 5.32 Å². The van der Waals surface area contributed by atoms with E-state index in [1.54, 1.807) is 0 Å². The SMILES string of the molecule is CCC(C)C1CCCCC1Nc1ccccc1. The van der Waals surface area contributed by atoms with E-state index in [1.807, 2.05) is 0 Å². The molecule has 0 radical (unpaired) electrons. The monoisotopic (exact) mass is 231 g/mol. The van der Waals surface area contributed by atoms with Crippen LogP contribution in [0.15, 0.2) is 30.3 Å². The lowest BCUT2D eigenvalue weighted by molar-refractivity contribution is 0.235. The summed E-state index contributed by atoms with van der Waals surface area (Å²) in [4.78, 5) is 0. The van der Waals surface area contributed by atoms with Gasteiger partial charge in [0.05, 0.1) is 0 Å². The molecule has 1 fully saturated rings. The van der Waals surface area contributed by atoms with Crippen molar-refractivity contribution < 1.29 is 0 Å². The average molecular weight is 231 g/mol. The molecule has 1 heteroatoms. The molecule has 1 N–H and O–H groups in total. The number of benzene rings is 1. The van der Waals surface area contributed by atoms with Crippen LogP contribution in [0, 0.1) is 11.8 Å². The summed E-state index contributed by atoms with van der Waals surface area (Å²) in [6.07, 6.45) is 6.85. The normalized spacial score (nSPS) is 26.5. The zero-order valence-corrected chi connectivity index (χ0v) is 11.2. The highest BCUT2D eigenvalue weighted by Gasteiger charge is 2.28. The van der Waals surface area contributed by atoms with E-state index in [1.165, 1.54) is 37.8 Å². The number of hydrogen-bond donors (Lipinski definition) is 1. The number of para-hydroxylation sites is 1. The Bertz CT molecular complexity index is 320. The van der Waals surface area contributed by atoms with Gasteiger partial charge in [0.1, 0.15) is 0 Å². The maximum atomic E-state index is 3.75. The summed E-state index contributed by atoms with van der Waals surface area (Å²) in [5.74, 6) is 1.70. The van der Waals surface area contributed by atoms with E-state index in [2.05, 4.69) is 49.5 Å². The summed E-state index contributed by atoms with van der Waals surface area (Å²) in [6.45, 7) is 4.73. The fraction of sp³-hybridized carbons (Fsp3) is 0.625. The molecule has 1 aliphatic carbocycles. The standard InChI is InChI=1S/C16H25N/c1-3-13(2)15-11-7-8-12-16(15)17-14-9-5-4-6-10-14/h4-6,9-10,13,15-17H,3,7-8,11-12H2,1-2H3. The molecule has 1 nitrogen and oxygen atoms in total. The van der Waals surface area contributed by atoms with Gasteiger partial charge in [-0.05, 0) is 36.8 Å². The van der Waals surface area contributed by atoms with E-state index in [4.69, 9.17) is 0 Å². The molecule has 0 heterocycles. The Labute approximate surface area is 106 Å². The van der Waals surface area contributed by atoms with Crippen molar-refractivity contribution in [3.05, 3.63) is 30.3 Å². The number of anilines is 1. The fourth-order valence-electron chi connectivity index (χ4n) is 3.07. The summed E-state index contributed by atoms with van der Waals surface area (Å²) < 4.78 is 0. The van der Waals surface area contributed by atoms with Gasteiger partial charge in [0.25, 0.3) is 0 Å². The second-order valence-corrected chi connectivity index (χ2v) is 5.45. The minimum atomic E-state index is 0.682. The number of nitrogens with one attached hydrogen (secondary N) is 1. The van der Waals surface area contributed by atoms with Crippen molar-refractivity contribution in [1.82, 2.24) is 0 Å². The fourth-order valence-corrected chi connectivity index (χ4v) is 3.07. The van der Waals surface area contributed by atoms with Crippen LogP contribution in [0.25, 0.3) is 0 Å². The number of hydrogen-bond acceptors (Lipinski definition) is 1. The molecule has 94 valence electrons. The minimum Gasteiger partial charge on any atom is -0.382 e. The molecular weight excluding hydrogens is 206 g/mol. The lowest BCUT2D eigenvalue weighted by Crippen LogP contribution is -2.35. The summed E-state index contributed by atoms with van der Waals surface area (Å²) >= 11 is 0. The van der Waals surface area contributed by atoms with Gasteiger partial charge in [-0.3, -0.25) is 0 Å². The average Bonchev–Trinajstić information content (AvgIpc) is 2.40. The minimum absolute atomic E-state index is 0.682. The third-order valence-electron chi connectivity index (χ3n) is 4.32. The van der Waals surface area contributed by atoms with Gasteiger partial charge >= 0.3 is 0 Å². The Kier molecular flexibility index (Phi) is 4.47. The molecule has 0 saturated heterocycles. The van der Waals surface area contributed by atoms with Crippen LogP contribution in [0.5, 0.6) is 0 Å². The Hall–Kier alpha value is -0.980. The van der Waals surface area contributed by atoms with Crippen LogP contribution in [0.2, 0.25) is 0 Å². The zero-order chi connectivity index (χ0) is 12.1. The van der Waals surface area contributed by atoms with Gasteiger partial charge in [-0.1, -0.05) is 51.3 Å². The highest BCUT2D eigenvalue weighted by atomic mass is 14.9. The van der Waals surface area contributed by atoms with Crippen molar-refractivity contribution in [2.24, 2.45) is 11.8 Å². The first-order chi connectivity index (χ1) is 8.31. The topological polar surface area (TPSA) is 12.0 Å². The third kappa shape index (κ3) is 3.24. The van der Waals surface area contributed by atoms with Gasteiger partial charge in [-0.25, -0.2) is 0 Å². The van der Waals surface area contributed by atoms with E-state index < -0.39 is 0 Å². The van der Waals surface area contributed by atoms with Crippen molar-refractivity contribution in [1.29, 1.82) is 0 Å². The van der Waals surface area contributed by atoms with Crippen molar-refractivity contribution in [3.8, 4) is 0 Å². The predicted octanol–water partition coefficient (Wildman–Crippen LogP) is 4.70. The van der Waals surface area contributed by atoms with Gasteiger partial charge in [0, 0.05) is 11.7 Å². The first-order valence-electron chi connectivity index (χ1n) is 7.13. The van der Waals surface area contributed by atoms with Gasteiger partial charge in [0.15, 0.2) is 0 Å².